The van der Waals surface area contributed by atoms with Crippen molar-refractivity contribution in [1.82, 2.24) is 0 Å². The van der Waals surface area contributed by atoms with Crippen LogP contribution in [0.25, 0.3) is 0 Å². The molecule has 4 nitrogen and oxygen atoms in total. The lowest BCUT2D eigenvalue weighted by atomic mass is 9.93. The zero-order valence-corrected chi connectivity index (χ0v) is 12.8. The van der Waals surface area contributed by atoms with Crippen molar-refractivity contribution in [3.8, 4) is 5.75 Å². The molecule has 1 aliphatic carbocycles. The molecule has 2 atom stereocenters. The van der Waals surface area contributed by atoms with Gasteiger partial charge >= 0.3 is 0 Å². The van der Waals surface area contributed by atoms with E-state index in [-0.39, 0.29) is 17.9 Å². The summed E-state index contributed by atoms with van der Waals surface area (Å²) in [6.45, 7) is 1.41. The molecule has 0 bridgehead atoms. The van der Waals surface area contributed by atoms with Gasteiger partial charge in [0, 0.05) is 24.3 Å². The van der Waals surface area contributed by atoms with Crippen molar-refractivity contribution >= 4 is 11.6 Å². The van der Waals surface area contributed by atoms with Crippen LogP contribution in [0.2, 0.25) is 0 Å². The number of hydrogen-bond acceptors (Lipinski definition) is 3. The molecule has 1 aromatic rings. The van der Waals surface area contributed by atoms with Gasteiger partial charge in [-0.2, -0.15) is 0 Å². The number of carbonyl (C=O) groups is 1. The van der Waals surface area contributed by atoms with E-state index in [0.717, 1.165) is 50.1 Å². The summed E-state index contributed by atoms with van der Waals surface area (Å²) in [6.07, 6.45) is 9.36. The molecular formula is C18H23NO3. The lowest BCUT2D eigenvalue weighted by Gasteiger charge is -2.17. The quantitative estimate of drug-likeness (QED) is 0.846. The van der Waals surface area contributed by atoms with Crippen molar-refractivity contribution < 1.29 is 14.3 Å². The fraction of sp³-hybridized carbons (Fsp3) is 0.500. The van der Waals surface area contributed by atoms with Crippen molar-refractivity contribution in [2.45, 2.75) is 38.2 Å². The first kappa shape index (κ1) is 15.1. The number of nitrogens with one attached hydrogen (secondary N) is 1. The third-order valence-electron chi connectivity index (χ3n) is 4.20. The number of carbonyl (C=O) groups excluding carboxylic acids is 1. The normalized spacial score (nSPS) is 24.2. The zero-order valence-electron chi connectivity index (χ0n) is 12.8. The van der Waals surface area contributed by atoms with E-state index in [2.05, 4.69) is 17.5 Å². The van der Waals surface area contributed by atoms with Crippen LogP contribution in [-0.2, 0) is 9.53 Å². The highest BCUT2D eigenvalue weighted by Gasteiger charge is 2.19. The minimum atomic E-state index is 0.0847. The van der Waals surface area contributed by atoms with Gasteiger partial charge in [0.05, 0.1) is 6.10 Å². The molecule has 3 rings (SSSR count). The number of ether oxygens (including phenoxy) is 2. The van der Waals surface area contributed by atoms with E-state index in [1.165, 1.54) is 0 Å². The molecule has 1 aromatic carbocycles. The van der Waals surface area contributed by atoms with Crippen molar-refractivity contribution in [2.24, 2.45) is 5.92 Å². The fourth-order valence-corrected chi connectivity index (χ4v) is 2.90. The van der Waals surface area contributed by atoms with Crippen LogP contribution in [0, 0.1) is 5.92 Å². The number of benzene rings is 1. The van der Waals surface area contributed by atoms with E-state index < -0.39 is 0 Å². The predicted molar refractivity (Wildman–Crippen MR) is 86.0 cm³/mol. The average molecular weight is 301 g/mol. The SMILES string of the molecule is O=C(Nc1cccc(OC[C@@H]2CCCO2)c1)[C@@H]1CC=CCC1. The lowest BCUT2D eigenvalue weighted by molar-refractivity contribution is -0.120. The first-order valence-corrected chi connectivity index (χ1v) is 8.11. The van der Waals surface area contributed by atoms with Crippen LogP contribution >= 0.6 is 0 Å². The Labute approximate surface area is 131 Å². The molecule has 0 aromatic heterocycles. The second kappa shape index (κ2) is 7.45. The van der Waals surface area contributed by atoms with Crippen molar-refractivity contribution in [1.29, 1.82) is 0 Å². The van der Waals surface area contributed by atoms with Gasteiger partial charge in [-0.05, 0) is 44.2 Å². The molecule has 1 N–H and O–H groups in total. The van der Waals surface area contributed by atoms with E-state index in [0.29, 0.717) is 6.61 Å². The summed E-state index contributed by atoms with van der Waals surface area (Å²) >= 11 is 0. The Balaban J connectivity index is 1.53. The first-order valence-electron chi connectivity index (χ1n) is 8.11. The summed E-state index contributed by atoms with van der Waals surface area (Å²) in [5, 5.41) is 3.00. The van der Waals surface area contributed by atoms with Crippen LogP contribution in [0.3, 0.4) is 0 Å². The molecule has 118 valence electrons. The smallest absolute Gasteiger partial charge is 0.227 e. The molecule has 1 saturated heterocycles. The molecule has 0 radical (unpaired) electrons. The van der Waals surface area contributed by atoms with Gasteiger partial charge in [-0.15, -0.1) is 0 Å². The second-order valence-electron chi connectivity index (χ2n) is 5.94. The maximum atomic E-state index is 12.2. The monoisotopic (exact) mass is 301 g/mol. The summed E-state index contributed by atoms with van der Waals surface area (Å²) in [7, 11) is 0. The lowest BCUT2D eigenvalue weighted by Crippen LogP contribution is -2.23. The standard InChI is InChI=1S/C18H23NO3/c20-18(14-6-2-1-3-7-14)19-15-8-4-9-16(12-15)22-13-17-10-5-11-21-17/h1-2,4,8-9,12,14,17H,3,5-7,10-11,13H2,(H,19,20)/t14-,17+/m1/s1. The van der Waals surface area contributed by atoms with Gasteiger partial charge < -0.3 is 14.8 Å². The Kier molecular flexibility index (Phi) is 5.11. The van der Waals surface area contributed by atoms with Crippen LogP contribution in [-0.4, -0.2) is 25.2 Å². The van der Waals surface area contributed by atoms with Gasteiger partial charge in [-0.3, -0.25) is 4.79 Å². The molecule has 2 aliphatic rings. The topological polar surface area (TPSA) is 47.6 Å². The van der Waals surface area contributed by atoms with Crippen LogP contribution in [0.4, 0.5) is 5.69 Å². The fourth-order valence-electron chi connectivity index (χ4n) is 2.90. The van der Waals surface area contributed by atoms with E-state index >= 15 is 0 Å². The molecule has 0 spiro atoms. The van der Waals surface area contributed by atoms with Gasteiger partial charge in [-0.1, -0.05) is 18.2 Å². The van der Waals surface area contributed by atoms with Crippen LogP contribution < -0.4 is 10.1 Å². The zero-order chi connectivity index (χ0) is 15.2. The van der Waals surface area contributed by atoms with Crippen LogP contribution in [0.5, 0.6) is 5.75 Å². The molecule has 1 aliphatic heterocycles. The summed E-state index contributed by atoms with van der Waals surface area (Å²) in [4.78, 5) is 12.2. The molecule has 1 amide bonds. The van der Waals surface area contributed by atoms with Crippen LogP contribution in [0.1, 0.15) is 32.1 Å². The maximum absolute atomic E-state index is 12.2. The Hall–Kier alpha value is -1.81. The van der Waals surface area contributed by atoms with Gasteiger partial charge in [0.2, 0.25) is 5.91 Å². The highest BCUT2D eigenvalue weighted by molar-refractivity contribution is 5.92. The summed E-state index contributed by atoms with van der Waals surface area (Å²) in [5.74, 6) is 0.957. The summed E-state index contributed by atoms with van der Waals surface area (Å²) < 4.78 is 11.3. The second-order valence-corrected chi connectivity index (χ2v) is 5.94. The van der Waals surface area contributed by atoms with E-state index in [1.807, 2.05) is 24.3 Å². The number of rotatable bonds is 5. The molecule has 1 heterocycles. The van der Waals surface area contributed by atoms with Gasteiger partial charge in [-0.25, -0.2) is 0 Å². The number of hydrogen-bond donors (Lipinski definition) is 1. The predicted octanol–water partition coefficient (Wildman–Crippen LogP) is 3.54. The molecular weight excluding hydrogens is 278 g/mol. The van der Waals surface area contributed by atoms with E-state index in [4.69, 9.17) is 9.47 Å². The molecule has 4 heteroatoms. The van der Waals surface area contributed by atoms with Crippen molar-refractivity contribution in [3.05, 3.63) is 36.4 Å². The molecule has 22 heavy (non-hydrogen) atoms. The molecule has 0 unspecified atom stereocenters. The average Bonchev–Trinajstić information content (AvgIpc) is 3.08. The third-order valence-corrected chi connectivity index (χ3v) is 4.20. The summed E-state index contributed by atoms with van der Waals surface area (Å²) in [5.41, 5.74) is 0.796. The van der Waals surface area contributed by atoms with Crippen LogP contribution in [0.15, 0.2) is 36.4 Å². The molecule has 1 fully saturated rings. The Morgan fingerprint density at radius 2 is 2.27 bits per heavy atom. The minimum Gasteiger partial charge on any atom is -0.491 e. The number of anilines is 1. The highest BCUT2D eigenvalue weighted by Crippen LogP contribution is 2.23. The number of allylic oxidation sites excluding steroid dienone is 2. The van der Waals surface area contributed by atoms with Crippen molar-refractivity contribution in [3.63, 3.8) is 0 Å². The van der Waals surface area contributed by atoms with Gasteiger partial charge in [0.25, 0.3) is 0 Å². The molecule has 0 saturated carbocycles. The number of amides is 1. The highest BCUT2D eigenvalue weighted by atomic mass is 16.5. The Morgan fingerprint density at radius 1 is 1.32 bits per heavy atom. The summed E-state index contributed by atoms with van der Waals surface area (Å²) in [6, 6.07) is 7.59. The Morgan fingerprint density at radius 3 is 3.05 bits per heavy atom. The van der Waals surface area contributed by atoms with Crippen molar-refractivity contribution in [2.75, 3.05) is 18.5 Å². The third kappa shape index (κ3) is 4.10. The Bertz CT molecular complexity index is 535. The maximum Gasteiger partial charge on any atom is 0.227 e. The largest absolute Gasteiger partial charge is 0.491 e. The minimum absolute atomic E-state index is 0.0847. The van der Waals surface area contributed by atoms with Gasteiger partial charge in [0.15, 0.2) is 0 Å². The van der Waals surface area contributed by atoms with E-state index in [1.54, 1.807) is 0 Å². The van der Waals surface area contributed by atoms with Gasteiger partial charge in [0.1, 0.15) is 12.4 Å². The van der Waals surface area contributed by atoms with E-state index in [9.17, 15) is 4.79 Å². The first-order chi connectivity index (χ1) is 10.8.